The van der Waals surface area contributed by atoms with Gasteiger partial charge in [-0.05, 0) is 20.3 Å². The highest BCUT2D eigenvalue weighted by Crippen LogP contribution is 2.18. The van der Waals surface area contributed by atoms with E-state index in [9.17, 15) is 4.79 Å². The first kappa shape index (κ1) is 16.0. The summed E-state index contributed by atoms with van der Waals surface area (Å²) in [6, 6.07) is 0.0262. The lowest BCUT2D eigenvalue weighted by Gasteiger charge is -2.34. The quantitative estimate of drug-likeness (QED) is 0.814. The van der Waals surface area contributed by atoms with Gasteiger partial charge < -0.3 is 19.9 Å². The van der Waals surface area contributed by atoms with Crippen molar-refractivity contribution in [3.63, 3.8) is 0 Å². The molecule has 1 saturated heterocycles. The van der Waals surface area contributed by atoms with Crippen molar-refractivity contribution in [2.45, 2.75) is 26.4 Å². The van der Waals surface area contributed by atoms with Crippen molar-refractivity contribution in [1.29, 1.82) is 0 Å². The van der Waals surface area contributed by atoms with Crippen molar-refractivity contribution in [2.75, 3.05) is 44.2 Å². The van der Waals surface area contributed by atoms with E-state index in [-0.39, 0.29) is 12.1 Å². The summed E-state index contributed by atoms with van der Waals surface area (Å²) in [5, 5.41) is 5.97. The van der Waals surface area contributed by atoms with E-state index in [4.69, 9.17) is 4.74 Å². The number of thiazole rings is 1. The van der Waals surface area contributed by atoms with Gasteiger partial charge in [-0.25, -0.2) is 9.78 Å². The number of aromatic nitrogens is 1. The van der Waals surface area contributed by atoms with Crippen molar-refractivity contribution in [1.82, 2.24) is 15.2 Å². The maximum atomic E-state index is 12.0. The van der Waals surface area contributed by atoms with Crippen molar-refractivity contribution in [3.8, 4) is 0 Å². The van der Waals surface area contributed by atoms with Crippen LogP contribution in [0, 0.1) is 0 Å². The lowest BCUT2D eigenvalue weighted by atomic mass is 10.3. The molecule has 0 aromatic carbocycles. The molecular formula is C14H24N4O2S. The van der Waals surface area contributed by atoms with Gasteiger partial charge in [0, 0.05) is 50.9 Å². The molecular weight excluding hydrogens is 288 g/mol. The van der Waals surface area contributed by atoms with Crippen LogP contribution in [0.5, 0.6) is 0 Å². The van der Waals surface area contributed by atoms with Gasteiger partial charge in [0.15, 0.2) is 5.13 Å². The fourth-order valence-corrected chi connectivity index (χ4v) is 2.87. The minimum Gasteiger partial charge on any atom is -0.379 e. The Hall–Kier alpha value is -1.34. The van der Waals surface area contributed by atoms with Crippen molar-refractivity contribution in [2.24, 2.45) is 0 Å². The standard InChI is InChI=1S/C14H24N4O2S/c1-12(2)20-10-3-4-15-13(19)17-6-8-18(9-7-17)14-16-5-11-21-14/h5,11-12H,3-4,6-10H2,1-2H3,(H,15,19). The second-order valence-corrected chi connectivity index (χ2v) is 6.17. The average Bonchev–Trinajstić information content (AvgIpc) is 3.01. The first-order valence-electron chi connectivity index (χ1n) is 7.45. The summed E-state index contributed by atoms with van der Waals surface area (Å²) in [4.78, 5) is 20.4. The van der Waals surface area contributed by atoms with Crippen LogP contribution in [0.1, 0.15) is 20.3 Å². The Morgan fingerprint density at radius 3 is 2.81 bits per heavy atom. The number of amides is 2. The van der Waals surface area contributed by atoms with E-state index >= 15 is 0 Å². The molecule has 0 saturated carbocycles. The third kappa shape index (κ3) is 5.17. The van der Waals surface area contributed by atoms with Crippen LogP contribution in [0.15, 0.2) is 11.6 Å². The number of urea groups is 1. The SMILES string of the molecule is CC(C)OCCCNC(=O)N1CCN(c2nccs2)CC1. The number of hydrogen-bond acceptors (Lipinski definition) is 5. The molecule has 1 aromatic rings. The number of carbonyl (C=O) groups is 1. The zero-order valence-electron chi connectivity index (χ0n) is 12.7. The minimum atomic E-state index is 0.0262. The number of piperazine rings is 1. The van der Waals surface area contributed by atoms with Crippen LogP contribution in [0.4, 0.5) is 9.93 Å². The van der Waals surface area contributed by atoms with E-state index in [0.717, 1.165) is 37.7 Å². The molecule has 21 heavy (non-hydrogen) atoms. The Labute approximate surface area is 130 Å². The van der Waals surface area contributed by atoms with Crippen LogP contribution >= 0.6 is 11.3 Å². The molecule has 0 radical (unpaired) electrons. The summed E-state index contributed by atoms with van der Waals surface area (Å²) in [6.07, 6.45) is 2.92. The highest BCUT2D eigenvalue weighted by atomic mass is 32.1. The predicted octanol–water partition coefficient (Wildman–Crippen LogP) is 1.79. The number of carbonyl (C=O) groups excluding carboxylic acids is 1. The monoisotopic (exact) mass is 312 g/mol. The van der Waals surface area contributed by atoms with Gasteiger partial charge in [-0.3, -0.25) is 0 Å². The van der Waals surface area contributed by atoms with Crippen LogP contribution < -0.4 is 10.2 Å². The van der Waals surface area contributed by atoms with E-state index < -0.39 is 0 Å². The third-order valence-corrected chi connectivity index (χ3v) is 4.14. The first-order chi connectivity index (χ1) is 10.2. The second kappa shape index (κ2) is 8.19. The summed E-state index contributed by atoms with van der Waals surface area (Å²) >= 11 is 1.64. The van der Waals surface area contributed by atoms with E-state index in [1.807, 2.05) is 30.3 Å². The van der Waals surface area contributed by atoms with Gasteiger partial charge in [-0.15, -0.1) is 11.3 Å². The molecule has 0 atom stereocenters. The number of hydrogen-bond donors (Lipinski definition) is 1. The van der Waals surface area contributed by atoms with Gasteiger partial charge in [-0.1, -0.05) is 0 Å². The van der Waals surface area contributed by atoms with Gasteiger partial charge in [0.25, 0.3) is 0 Å². The van der Waals surface area contributed by atoms with Crippen LogP contribution in [0.25, 0.3) is 0 Å². The van der Waals surface area contributed by atoms with Gasteiger partial charge in [0.05, 0.1) is 6.10 Å². The normalized spacial score (nSPS) is 15.6. The van der Waals surface area contributed by atoms with E-state index in [2.05, 4.69) is 15.2 Å². The summed E-state index contributed by atoms with van der Waals surface area (Å²) in [5.41, 5.74) is 0. The van der Waals surface area contributed by atoms with E-state index in [1.54, 1.807) is 11.3 Å². The minimum absolute atomic E-state index is 0.0262. The molecule has 2 amide bonds. The van der Waals surface area contributed by atoms with E-state index in [1.165, 1.54) is 0 Å². The lowest BCUT2D eigenvalue weighted by Crippen LogP contribution is -2.52. The largest absolute Gasteiger partial charge is 0.379 e. The molecule has 6 nitrogen and oxygen atoms in total. The number of rotatable bonds is 6. The van der Waals surface area contributed by atoms with Gasteiger partial charge in [-0.2, -0.15) is 0 Å². The van der Waals surface area contributed by atoms with E-state index in [0.29, 0.717) is 13.2 Å². The Kier molecular flexibility index (Phi) is 6.25. The molecule has 7 heteroatoms. The predicted molar refractivity (Wildman–Crippen MR) is 85.0 cm³/mol. The number of anilines is 1. The molecule has 118 valence electrons. The maximum Gasteiger partial charge on any atom is 0.317 e. The van der Waals surface area contributed by atoms with Gasteiger partial charge >= 0.3 is 6.03 Å². The Balaban J connectivity index is 1.62. The molecule has 1 aromatic heterocycles. The van der Waals surface area contributed by atoms with Crippen LogP contribution in [0.2, 0.25) is 0 Å². The molecule has 1 fully saturated rings. The van der Waals surface area contributed by atoms with Gasteiger partial charge in [0.2, 0.25) is 0 Å². The smallest absolute Gasteiger partial charge is 0.317 e. The zero-order valence-corrected chi connectivity index (χ0v) is 13.6. The Bertz CT molecular complexity index is 417. The first-order valence-corrected chi connectivity index (χ1v) is 8.33. The van der Waals surface area contributed by atoms with Gasteiger partial charge in [0.1, 0.15) is 0 Å². The molecule has 0 bridgehead atoms. The average molecular weight is 312 g/mol. The zero-order chi connectivity index (χ0) is 15.1. The highest BCUT2D eigenvalue weighted by molar-refractivity contribution is 7.13. The fourth-order valence-electron chi connectivity index (χ4n) is 2.17. The van der Waals surface area contributed by atoms with Crippen molar-refractivity contribution in [3.05, 3.63) is 11.6 Å². The third-order valence-electron chi connectivity index (χ3n) is 3.31. The van der Waals surface area contributed by atoms with Crippen LogP contribution in [-0.4, -0.2) is 61.3 Å². The molecule has 0 spiro atoms. The summed E-state index contributed by atoms with van der Waals surface area (Å²) in [6.45, 7) is 8.56. The van der Waals surface area contributed by atoms with Crippen LogP contribution in [0.3, 0.4) is 0 Å². The molecule has 2 heterocycles. The topological polar surface area (TPSA) is 57.7 Å². The molecule has 1 aliphatic rings. The number of nitrogens with zero attached hydrogens (tertiary/aromatic N) is 3. The fraction of sp³-hybridized carbons (Fsp3) is 0.714. The summed E-state index contributed by atoms with van der Waals surface area (Å²) in [5.74, 6) is 0. The molecule has 0 unspecified atom stereocenters. The highest BCUT2D eigenvalue weighted by Gasteiger charge is 2.21. The number of nitrogens with one attached hydrogen (secondary N) is 1. The maximum absolute atomic E-state index is 12.0. The second-order valence-electron chi connectivity index (χ2n) is 5.29. The van der Waals surface area contributed by atoms with Crippen molar-refractivity contribution >= 4 is 22.5 Å². The molecule has 2 rings (SSSR count). The molecule has 0 aliphatic carbocycles. The van der Waals surface area contributed by atoms with Crippen LogP contribution in [-0.2, 0) is 4.74 Å². The lowest BCUT2D eigenvalue weighted by molar-refractivity contribution is 0.0771. The summed E-state index contributed by atoms with van der Waals surface area (Å²) in [7, 11) is 0. The molecule has 1 aliphatic heterocycles. The Morgan fingerprint density at radius 1 is 1.43 bits per heavy atom. The summed E-state index contributed by atoms with van der Waals surface area (Å²) < 4.78 is 5.45. The number of ether oxygens (including phenoxy) is 1. The molecule has 1 N–H and O–H groups in total. The Morgan fingerprint density at radius 2 is 2.19 bits per heavy atom. The van der Waals surface area contributed by atoms with Crippen molar-refractivity contribution < 1.29 is 9.53 Å².